The van der Waals surface area contributed by atoms with Gasteiger partial charge < -0.3 is 9.15 Å². The van der Waals surface area contributed by atoms with E-state index in [0.29, 0.717) is 12.4 Å². The van der Waals surface area contributed by atoms with Crippen LogP contribution in [-0.2, 0) is 11.3 Å². The Kier molecular flexibility index (Phi) is 4.44. The fraction of sp³-hybridized carbons (Fsp3) is 0.263. The third-order valence-corrected chi connectivity index (χ3v) is 4.84. The summed E-state index contributed by atoms with van der Waals surface area (Å²) in [7, 11) is 0. The predicted octanol–water partition coefficient (Wildman–Crippen LogP) is 5.06. The second-order valence-electron chi connectivity index (χ2n) is 6.06. The molecule has 1 fully saturated rings. The molecule has 0 saturated carbocycles. The minimum absolute atomic E-state index is 0.172. The van der Waals surface area contributed by atoms with Gasteiger partial charge in [0.05, 0.1) is 0 Å². The van der Waals surface area contributed by atoms with Gasteiger partial charge in [-0.2, -0.15) is 0 Å². The molecular weight excluding hydrogens is 384 g/mol. The summed E-state index contributed by atoms with van der Waals surface area (Å²) in [5, 5.41) is 0. The second-order valence-corrected chi connectivity index (χ2v) is 6.97. The number of hydrogen-bond donors (Lipinski definition) is 0. The number of nitrogens with zero attached hydrogens (tertiary/aromatic N) is 2. The Bertz CT molecular complexity index is 894. The van der Waals surface area contributed by atoms with Crippen molar-refractivity contribution in [2.45, 2.75) is 25.5 Å². The van der Waals surface area contributed by atoms with Crippen molar-refractivity contribution >= 4 is 33.1 Å². The Hall–Kier alpha value is -2.34. The predicted molar refractivity (Wildman–Crippen MR) is 97.0 cm³/mol. The zero-order chi connectivity index (χ0) is 17.2. The number of ether oxygens (including phenoxy) is 1. The first kappa shape index (κ1) is 16.1. The maximum absolute atomic E-state index is 12.5. The van der Waals surface area contributed by atoms with Crippen LogP contribution in [0.5, 0.6) is 0 Å². The Morgan fingerprint density at radius 3 is 2.96 bits per heavy atom. The van der Waals surface area contributed by atoms with Crippen molar-refractivity contribution < 1.29 is 13.9 Å². The molecule has 4 rings (SSSR count). The highest BCUT2D eigenvalue weighted by atomic mass is 79.9. The summed E-state index contributed by atoms with van der Waals surface area (Å²) in [6, 6.07) is 15.2. The van der Waals surface area contributed by atoms with Crippen molar-refractivity contribution in [3.05, 3.63) is 64.5 Å². The Morgan fingerprint density at radius 2 is 2.12 bits per heavy atom. The summed E-state index contributed by atoms with van der Waals surface area (Å²) in [6.07, 6.45) is 1.41. The highest BCUT2D eigenvalue weighted by Crippen LogP contribution is 2.34. The van der Waals surface area contributed by atoms with Gasteiger partial charge in [0, 0.05) is 11.0 Å². The van der Waals surface area contributed by atoms with Crippen molar-refractivity contribution in [1.82, 2.24) is 9.88 Å². The van der Waals surface area contributed by atoms with E-state index in [-0.39, 0.29) is 18.7 Å². The van der Waals surface area contributed by atoms with Crippen molar-refractivity contribution in [2.24, 2.45) is 0 Å². The van der Waals surface area contributed by atoms with Crippen LogP contribution in [0, 0.1) is 0 Å². The molecule has 0 spiro atoms. The van der Waals surface area contributed by atoms with E-state index in [1.54, 1.807) is 4.90 Å². The number of rotatable bonds is 3. The van der Waals surface area contributed by atoms with Gasteiger partial charge in [-0.25, -0.2) is 9.78 Å². The van der Waals surface area contributed by atoms with Gasteiger partial charge in [-0.1, -0.05) is 46.3 Å². The van der Waals surface area contributed by atoms with Gasteiger partial charge in [0.25, 0.3) is 0 Å². The lowest BCUT2D eigenvalue weighted by atomic mass is 10.2. The SMILES string of the molecule is O=C(OCc1ccccc1)N1CCC[C@H]1c1nc2cc(Br)ccc2o1. The van der Waals surface area contributed by atoms with Gasteiger partial charge in [0.1, 0.15) is 18.2 Å². The van der Waals surface area contributed by atoms with E-state index in [1.807, 2.05) is 48.5 Å². The van der Waals surface area contributed by atoms with E-state index in [2.05, 4.69) is 20.9 Å². The number of benzene rings is 2. The number of aromatic nitrogens is 1. The van der Waals surface area contributed by atoms with Crippen molar-refractivity contribution in [3.63, 3.8) is 0 Å². The van der Waals surface area contributed by atoms with Crippen LogP contribution in [0.2, 0.25) is 0 Å². The van der Waals surface area contributed by atoms with E-state index in [9.17, 15) is 4.79 Å². The number of carbonyl (C=O) groups is 1. The molecule has 1 aliphatic rings. The van der Waals surface area contributed by atoms with Crippen LogP contribution < -0.4 is 0 Å². The minimum atomic E-state index is -0.324. The molecule has 1 aromatic heterocycles. The highest BCUT2D eigenvalue weighted by Gasteiger charge is 2.34. The number of carbonyl (C=O) groups excluding carboxylic acids is 1. The Labute approximate surface area is 153 Å². The first-order valence-electron chi connectivity index (χ1n) is 8.24. The topological polar surface area (TPSA) is 55.6 Å². The van der Waals surface area contributed by atoms with E-state index in [0.717, 1.165) is 34.0 Å². The summed E-state index contributed by atoms with van der Waals surface area (Å²) in [6.45, 7) is 0.921. The molecule has 25 heavy (non-hydrogen) atoms. The van der Waals surface area contributed by atoms with Crippen LogP contribution in [0.4, 0.5) is 4.79 Å². The van der Waals surface area contributed by atoms with Gasteiger partial charge in [-0.05, 0) is 36.6 Å². The number of likely N-dealkylation sites (tertiary alicyclic amines) is 1. The highest BCUT2D eigenvalue weighted by molar-refractivity contribution is 9.10. The van der Waals surface area contributed by atoms with E-state index >= 15 is 0 Å². The van der Waals surface area contributed by atoms with E-state index < -0.39 is 0 Å². The van der Waals surface area contributed by atoms with Gasteiger partial charge in [-0.15, -0.1) is 0 Å². The van der Waals surface area contributed by atoms with Gasteiger partial charge in [0.2, 0.25) is 5.89 Å². The molecule has 2 heterocycles. The summed E-state index contributed by atoms with van der Waals surface area (Å²) in [4.78, 5) is 18.8. The van der Waals surface area contributed by atoms with Crippen LogP contribution in [0.15, 0.2) is 57.4 Å². The molecule has 5 nitrogen and oxygen atoms in total. The fourth-order valence-electron chi connectivity index (χ4n) is 3.11. The molecule has 6 heteroatoms. The first-order valence-corrected chi connectivity index (χ1v) is 9.03. The molecule has 128 valence electrons. The van der Waals surface area contributed by atoms with Crippen LogP contribution >= 0.6 is 15.9 Å². The maximum atomic E-state index is 12.5. The third kappa shape index (κ3) is 3.39. The van der Waals surface area contributed by atoms with E-state index in [1.165, 1.54) is 0 Å². The molecule has 2 aromatic carbocycles. The van der Waals surface area contributed by atoms with Crippen molar-refractivity contribution in [2.75, 3.05) is 6.54 Å². The lowest BCUT2D eigenvalue weighted by Crippen LogP contribution is -2.31. The molecule has 1 saturated heterocycles. The largest absolute Gasteiger partial charge is 0.445 e. The molecule has 1 atom stereocenters. The normalized spacial score (nSPS) is 17.2. The summed E-state index contributed by atoms with van der Waals surface area (Å²) in [5.74, 6) is 0.572. The average Bonchev–Trinajstić information content (AvgIpc) is 3.26. The number of hydrogen-bond acceptors (Lipinski definition) is 4. The molecule has 1 aliphatic heterocycles. The van der Waals surface area contributed by atoms with Crippen LogP contribution in [0.25, 0.3) is 11.1 Å². The summed E-state index contributed by atoms with van der Waals surface area (Å²) in [5.41, 5.74) is 2.48. The lowest BCUT2D eigenvalue weighted by molar-refractivity contribution is 0.0881. The zero-order valence-electron chi connectivity index (χ0n) is 13.5. The summed E-state index contributed by atoms with van der Waals surface area (Å²) >= 11 is 3.44. The lowest BCUT2D eigenvalue weighted by Gasteiger charge is -2.21. The summed E-state index contributed by atoms with van der Waals surface area (Å²) < 4.78 is 12.3. The van der Waals surface area contributed by atoms with E-state index in [4.69, 9.17) is 9.15 Å². The Morgan fingerprint density at radius 1 is 1.28 bits per heavy atom. The molecule has 3 aromatic rings. The zero-order valence-corrected chi connectivity index (χ0v) is 15.1. The molecule has 1 amide bonds. The van der Waals surface area contributed by atoms with Gasteiger partial charge in [0.15, 0.2) is 5.58 Å². The molecule has 0 radical (unpaired) electrons. The molecular formula is C19H17BrN2O3. The first-order chi connectivity index (χ1) is 12.2. The van der Waals surface area contributed by atoms with Crippen LogP contribution in [-0.4, -0.2) is 22.5 Å². The monoisotopic (exact) mass is 400 g/mol. The number of amides is 1. The molecule has 0 unspecified atom stereocenters. The minimum Gasteiger partial charge on any atom is -0.445 e. The fourth-order valence-corrected chi connectivity index (χ4v) is 3.45. The van der Waals surface area contributed by atoms with Crippen LogP contribution in [0.3, 0.4) is 0 Å². The maximum Gasteiger partial charge on any atom is 0.410 e. The molecule has 0 aliphatic carbocycles. The third-order valence-electron chi connectivity index (χ3n) is 4.34. The quantitative estimate of drug-likeness (QED) is 0.615. The number of halogens is 1. The average molecular weight is 401 g/mol. The smallest absolute Gasteiger partial charge is 0.410 e. The van der Waals surface area contributed by atoms with Gasteiger partial charge >= 0.3 is 6.09 Å². The Balaban J connectivity index is 1.50. The number of fused-ring (bicyclic) bond motifs is 1. The second kappa shape index (κ2) is 6.88. The van der Waals surface area contributed by atoms with Crippen molar-refractivity contribution in [3.8, 4) is 0 Å². The molecule has 0 N–H and O–H groups in total. The number of oxazole rings is 1. The van der Waals surface area contributed by atoms with Crippen LogP contribution in [0.1, 0.15) is 30.3 Å². The van der Waals surface area contributed by atoms with Gasteiger partial charge in [-0.3, -0.25) is 4.90 Å². The molecule has 0 bridgehead atoms. The van der Waals surface area contributed by atoms with Crippen molar-refractivity contribution in [1.29, 1.82) is 0 Å². The standard InChI is InChI=1S/C19H17BrN2O3/c20-14-8-9-17-15(11-14)21-18(25-17)16-7-4-10-22(16)19(23)24-12-13-5-2-1-3-6-13/h1-3,5-6,8-9,11,16H,4,7,10,12H2/t16-/m0/s1.